The molecule has 2 N–H and O–H groups in total. The first-order chi connectivity index (χ1) is 16.1. The van der Waals surface area contributed by atoms with E-state index in [-0.39, 0.29) is 42.1 Å². The smallest absolute Gasteiger partial charge is 0.303 e. The molecule has 0 aliphatic carbocycles. The molecule has 34 heavy (non-hydrogen) atoms. The van der Waals surface area contributed by atoms with Crippen molar-refractivity contribution in [3.63, 3.8) is 0 Å². The van der Waals surface area contributed by atoms with Gasteiger partial charge in [0.25, 0.3) is 0 Å². The van der Waals surface area contributed by atoms with Crippen molar-refractivity contribution < 1.29 is 33.6 Å². The van der Waals surface area contributed by atoms with Gasteiger partial charge in [-0.05, 0) is 45.6 Å². The van der Waals surface area contributed by atoms with Crippen molar-refractivity contribution in [2.75, 3.05) is 13.2 Å². The van der Waals surface area contributed by atoms with Crippen molar-refractivity contribution in [2.24, 2.45) is 5.92 Å². The topological polar surface area (TPSA) is 107 Å². The number of amides is 1. The first kappa shape index (κ1) is 26.6. The lowest BCUT2D eigenvalue weighted by Gasteiger charge is -2.39. The highest BCUT2D eigenvalue weighted by Crippen LogP contribution is 2.40. The van der Waals surface area contributed by atoms with Crippen LogP contribution in [0.15, 0.2) is 36.0 Å². The number of carbonyl (C=O) groups excluding carboxylic acids is 2. The van der Waals surface area contributed by atoms with Crippen molar-refractivity contribution >= 4 is 11.9 Å². The summed E-state index contributed by atoms with van der Waals surface area (Å²) in [6, 6.07) is -0.0840. The first-order valence-electron chi connectivity index (χ1n) is 12.2. The minimum absolute atomic E-state index is 0.0608. The predicted molar refractivity (Wildman–Crippen MR) is 127 cm³/mol. The fourth-order valence-corrected chi connectivity index (χ4v) is 4.56. The van der Waals surface area contributed by atoms with E-state index >= 15 is 0 Å². The van der Waals surface area contributed by atoms with Gasteiger partial charge >= 0.3 is 5.97 Å². The molecule has 8 atom stereocenters. The molecule has 0 saturated carbocycles. The molecule has 0 aromatic rings. The summed E-state index contributed by atoms with van der Waals surface area (Å²) in [6.07, 6.45) is 9.85. The Morgan fingerprint density at radius 3 is 2.68 bits per heavy atom. The highest BCUT2D eigenvalue weighted by atomic mass is 16.6. The Hall–Kier alpha value is -2.00. The summed E-state index contributed by atoms with van der Waals surface area (Å²) >= 11 is 0. The van der Waals surface area contributed by atoms with Crippen molar-refractivity contribution in [2.45, 2.75) is 96.0 Å². The van der Waals surface area contributed by atoms with E-state index in [1.54, 1.807) is 13.0 Å². The normalized spacial score (nSPS) is 37.2. The van der Waals surface area contributed by atoms with E-state index in [1.165, 1.54) is 13.0 Å². The second-order valence-corrected chi connectivity index (χ2v) is 9.81. The van der Waals surface area contributed by atoms with Gasteiger partial charge in [0.1, 0.15) is 23.9 Å². The Labute approximate surface area is 202 Å². The fraction of sp³-hybridized carbons (Fsp3) is 0.692. The zero-order valence-electron chi connectivity index (χ0n) is 20.9. The van der Waals surface area contributed by atoms with Gasteiger partial charge in [-0.1, -0.05) is 30.7 Å². The van der Waals surface area contributed by atoms with Crippen LogP contribution < -0.4 is 5.32 Å². The Balaban J connectivity index is 1.45. The predicted octanol–water partition coefficient (Wildman–Crippen LogP) is 2.60. The maximum Gasteiger partial charge on any atom is 0.303 e. The SMILES string of the molecule is CC(=O)O[C@@H](C)/C=C\C(=O)N[C@@H]1C[C@H](C)[C@H](C/C=C(C)/C=C/C2OCC[C@@]3(CO3)[C@@H]2O)O[C@@H]1C. The highest BCUT2D eigenvalue weighted by Gasteiger charge is 2.55. The number of carbonyl (C=O) groups is 2. The van der Waals surface area contributed by atoms with Crippen molar-refractivity contribution in [1.29, 1.82) is 0 Å². The van der Waals surface area contributed by atoms with Crippen LogP contribution in [0.2, 0.25) is 0 Å². The number of hydrogen-bond acceptors (Lipinski definition) is 7. The Morgan fingerprint density at radius 1 is 1.26 bits per heavy atom. The Kier molecular flexibility index (Phi) is 9.09. The second-order valence-electron chi connectivity index (χ2n) is 9.81. The molecule has 0 aromatic carbocycles. The van der Waals surface area contributed by atoms with Crippen molar-refractivity contribution in [3.05, 3.63) is 36.0 Å². The van der Waals surface area contributed by atoms with Gasteiger partial charge in [0.05, 0.1) is 31.5 Å². The number of aliphatic hydroxyl groups is 1. The number of rotatable bonds is 8. The van der Waals surface area contributed by atoms with E-state index in [2.05, 4.69) is 18.3 Å². The molecule has 0 bridgehead atoms. The molecule has 3 aliphatic rings. The molecular weight excluding hydrogens is 438 g/mol. The van der Waals surface area contributed by atoms with E-state index in [9.17, 15) is 14.7 Å². The number of aliphatic hydroxyl groups excluding tert-OH is 1. The number of allylic oxidation sites excluding steroid dienone is 2. The Bertz CT molecular complexity index is 816. The second kappa shape index (κ2) is 11.6. The molecule has 0 aromatic heterocycles. The fourth-order valence-electron chi connectivity index (χ4n) is 4.56. The van der Waals surface area contributed by atoms with Crippen LogP contribution in [-0.2, 0) is 28.5 Å². The third-order valence-corrected chi connectivity index (χ3v) is 6.84. The molecule has 0 radical (unpaired) electrons. The average molecular weight is 478 g/mol. The lowest BCUT2D eigenvalue weighted by atomic mass is 9.88. The van der Waals surface area contributed by atoms with Gasteiger partial charge in [0.2, 0.25) is 5.91 Å². The van der Waals surface area contributed by atoms with Crippen LogP contribution in [0, 0.1) is 5.92 Å². The van der Waals surface area contributed by atoms with Crippen LogP contribution >= 0.6 is 0 Å². The minimum Gasteiger partial charge on any atom is -0.459 e. The molecule has 190 valence electrons. The van der Waals surface area contributed by atoms with Crippen LogP contribution in [-0.4, -0.2) is 72.4 Å². The molecule has 1 amide bonds. The van der Waals surface area contributed by atoms with E-state index in [0.717, 1.165) is 24.8 Å². The molecule has 1 spiro atoms. The van der Waals surface area contributed by atoms with Gasteiger partial charge < -0.3 is 29.4 Å². The van der Waals surface area contributed by atoms with Gasteiger partial charge in [-0.15, -0.1) is 0 Å². The maximum atomic E-state index is 12.3. The van der Waals surface area contributed by atoms with Crippen molar-refractivity contribution in [1.82, 2.24) is 5.32 Å². The average Bonchev–Trinajstić information content (AvgIpc) is 3.54. The van der Waals surface area contributed by atoms with E-state index in [1.807, 2.05) is 26.0 Å². The van der Waals surface area contributed by atoms with E-state index in [4.69, 9.17) is 18.9 Å². The number of nitrogens with one attached hydrogen (secondary N) is 1. The molecule has 3 aliphatic heterocycles. The van der Waals surface area contributed by atoms with Crippen LogP contribution in [0.25, 0.3) is 0 Å². The monoisotopic (exact) mass is 477 g/mol. The third kappa shape index (κ3) is 7.25. The van der Waals surface area contributed by atoms with Gasteiger partial charge in [-0.2, -0.15) is 0 Å². The zero-order valence-corrected chi connectivity index (χ0v) is 20.9. The lowest BCUT2D eigenvalue weighted by molar-refractivity contribution is -0.143. The molecule has 3 saturated heterocycles. The van der Waals surface area contributed by atoms with Gasteiger partial charge in [0, 0.05) is 19.4 Å². The lowest BCUT2D eigenvalue weighted by Crippen LogP contribution is -2.50. The van der Waals surface area contributed by atoms with Crippen LogP contribution in [0.5, 0.6) is 0 Å². The van der Waals surface area contributed by atoms with Crippen LogP contribution in [0.4, 0.5) is 0 Å². The molecule has 8 heteroatoms. The number of ether oxygens (including phenoxy) is 4. The summed E-state index contributed by atoms with van der Waals surface area (Å²) in [7, 11) is 0. The highest BCUT2D eigenvalue weighted by molar-refractivity contribution is 5.87. The number of hydrogen-bond donors (Lipinski definition) is 2. The molecule has 3 fully saturated rings. The summed E-state index contributed by atoms with van der Waals surface area (Å²) in [5.41, 5.74) is 0.687. The molecule has 8 nitrogen and oxygen atoms in total. The largest absolute Gasteiger partial charge is 0.459 e. The third-order valence-electron chi connectivity index (χ3n) is 6.84. The summed E-state index contributed by atoms with van der Waals surface area (Å²) in [5.74, 6) is -0.335. The molecule has 3 heterocycles. The first-order valence-corrected chi connectivity index (χ1v) is 12.2. The van der Waals surface area contributed by atoms with Gasteiger partial charge in [-0.25, -0.2) is 0 Å². The minimum atomic E-state index is -0.625. The van der Waals surface area contributed by atoms with Gasteiger partial charge in [0.15, 0.2) is 0 Å². The Morgan fingerprint density at radius 2 is 2.00 bits per heavy atom. The van der Waals surface area contributed by atoms with Crippen molar-refractivity contribution in [3.8, 4) is 0 Å². The summed E-state index contributed by atoms with van der Waals surface area (Å²) in [5, 5.41) is 13.5. The maximum absolute atomic E-state index is 12.3. The molecule has 3 rings (SSSR count). The summed E-state index contributed by atoms with van der Waals surface area (Å²) in [4.78, 5) is 23.2. The number of esters is 1. The molecular formula is C26H39NO7. The van der Waals surface area contributed by atoms with Crippen LogP contribution in [0.1, 0.15) is 53.9 Å². The summed E-state index contributed by atoms with van der Waals surface area (Å²) < 4.78 is 22.4. The standard InChI is InChI=1S/C26H39NO7/c1-16(7-10-23-25(30)26(15-32-26)12-13-31-23)6-9-22-17(2)14-21(19(4)34-22)27-24(29)11-8-18(3)33-20(5)28/h6-8,10-11,17-19,21-23,25,30H,9,12-15H2,1-5H3,(H,27,29)/b10-7+,11-8-,16-6+/t17-,18-,19+,21+,22-,23?,25+,26+/m0/s1. The van der Waals surface area contributed by atoms with Gasteiger partial charge in [-0.3, -0.25) is 9.59 Å². The molecule has 1 unspecified atom stereocenters. The number of epoxide rings is 1. The van der Waals surface area contributed by atoms with Crippen LogP contribution in [0.3, 0.4) is 0 Å². The zero-order chi connectivity index (χ0) is 24.9. The quantitative estimate of drug-likeness (QED) is 0.240. The van der Waals surface area contributed by atoms with E-state index < -0.39 is 17.8 Å². The van der Waals surface area contributed by atoms with E-state index in [0.29, 0.717) is 13.2 Å². The summed E-state index contributed by atoms with van der Waals surface area (Å²) in [6.45, 7) is 10.4.